The first kappa shape index (κ1) is 19.6. The van der Waals surface area contributed by atoms with E-state index in [9.17, 15) is 9.59 Å². The monoisotopic (exact) mass is 379 g/mol. The van der Waals surface area contributed by atoms with E-state index in [4.69, 9.17) is 4.42 Å². The molecule has 6 heteroatoms. The van der Waals surface area contributed by atoms with E-state index in [-0.39, 0.29) is 18.0 Å². The van der Waals surface area contributed by atoms with Crippen molar-refractivity contribution in [1.82, 2.24) is 14.9 Å². The van der Waals surface area contributed by atoms with Crippen molar-refractivity contribution in [2.75, 3.05) is 0 Å². The van der Waals surface area contributed by atoms with Gasteiger partial charge in [0.2, 0.25) is 5.91 Å². The molecule has 1 aromatic carbocycles. The molecule has 146 valence electrons. The molecule has 0 fully saturated rings. The Morgan fingerprint density at radius 3 is 2.64 bits per heavy atom. The van der Waals surface area contributed by atoms with Gasteiger partial charge in [0.1, 0.15) is 11.6 Å². The predicted molar refractivity (Wildman–Crippen MR) is 107 cm³/mol. The van der Waals surface area contributed by atoms with Crippen molar-refractivity contribution in [1.29, 1.82) is 0 Å². The van der Waals surface area contributed by atoms with Gasteiger partial charge in [0.05, 0.1) is 19.4 Å². The van der Waals surface area contributed by atoms with Crippen molar-refractivity contribution in [3.8, 4) is 0 Å². The molecule has 0 spiro atoms. The van der Waals surface area contributed by atoms with Crippen LogP contribution in [0, 0.1) is 13.8 Å². The number of aromatic nitrogens is 2. The van der Waals surface area contributed by atoms with Gasteiger partial charge in [-0.05, 0) is 31.5 Å². The number of carbonyl (C=O) groups is 1. The number of H-pyrrole nitrogens is 1. The summed E-state index contributed by atoms with van der Waals surface area (Å²) >= 11 is 0. The fraction of sp³-hybridized carbons (Fsp3) is 0.318. The van der Waals surface area contributed by atoms with Gasteiger partial charge in [0, 0.05) is 24.1 Å². The second kappa shape index (κ2) is 8.69. The van der Waals surface area contributed by atoms with Crippen molar-refractivity contribution < 1.29 is 9.21 Å². The molecule has 0 aliphatic rings. The highest BCUT2D eigenvalue weighted by molar-refractivity contribution is 5.75. The zero-order valence-corrected chi connectivity index (χ0v) is 16.5. The lowest BCUT2D eigenvalue weighted by molar-refractivity contribution is -0.132. The van der Waals surface area contributed by atoms with Gasteiger partial charge >= 0.3 is 0 Å². The summed E-state index contributed by atoms with van der Waals surface area (Å²) in [5.74, 6) is 1.14. The lowest BCUT2D eigenvalue weighted by Crippen LogP contribution is -2.31. The van der Waals surface area contributed by atoms with E-state index in [0.29, 0.717) is 42.2 Å². The van der Waals surface area contributed by atoms with Gasteiger partial charge in [0.25, 0.3) is 5.56 Å². The highest BCUT2D eigenvalue weighted by Gasteiger charge is 2.17. The molecule has 0 radical (unpaired) electrons. The fourth-order valence-corrected chi connectivity index (χ4v) is 3.21. The number of hydrogen-bond acceptors (Lipinski definition) is 4. The fourth-order valence-electron chi connectivity index (χ4n) is 3.21. The maximum Gasteiger partial charge on any atom is 0.254 e. The third-order valence-corrected chi connectivity index (χ3v) is 4.66. The van der Waals surface area contributed by atoms with Crippen molar-refractivity contribution in [3.63, 3.8) is 0 Å². The van der Waals surface area contributed by atoms with Crippen LogP contribution in [0.5, 0.6) is 0 Å². The zero-order valence-electron chi connectivity index (χ0n) is 16.5. The predicted octanol–water partition coefficient (Wildman–Crippen LogP) is 3.51. The minimum absolute atomic E-state index is 0.0273. The molecule has 0 bridgehead atoms. The summed E-state index contributed by atoms with van der Waals surface area (Å²) in [5, 5.41) is 0. The van der Waals surface area contributed by atoms with E-state index < -0.39 is 0 Å². The number of aromatic amines is 1. The number of carbonyl (C=O) groups excluding carboxylic acids is 1. The molecular formula is C22H25N3O3. The molecule has 2 aromatic heterocycles. The minimum Gasteiger partial charge on any atom is -0.467 e. The summed E-state index contributed by atoms with van der Waals surface area (Å²) < 4.78 is 5.35. The van der Waals surface area contributed by atoms with Crippen molar-refractivity contribution in [2.24, 2.45) is 0 Å². The van der Waals surface area contributed by atoms with Crippen LogP contribution >= 0.6 is 0 Å². The number of amides is 1. The average Bonchev–Trinajstić information content (AvgIpc) is 3.17. The van der Waals surface area contributed by atoms with Crippen LogP contribution in [-0.2, 0) is 24.3 Å². The van der Waals surface area contributed by atoms with E-state index in [2.05, 4.69) is 16.0 Å². The Balaban J connectivity index is 1.82. The van der Waals surface area contributed by atoms with E-state index in [1.54, 1.807) is 17.2 Å². The molecule has 3 aromatic rings. The summed E-state index contributed by atoms with van der Waals surface area (Å²) in [6, 6.07) is 11.7. The van der Waals surface area contributed by atoms with Crippen LogP contribution in [0.15, 0.2) is 51.9 Å². The van der Waals surface area contributed by atoms with Crippen molar-refractivity contribution in [2.45, 2.75) is 46.7 Å². The average molecular weight is 379 g/mol. The molecule has 0 unspecified atom stereocenters. The third-order valence-electron chi connectivity index (χ3n) is 4.66. The standard InChI is InChI=1S/C22H25N3O3/c1-4-21(26)25(13-18-9-6-10-28-18)14-20-23-16(3)19(22(27)24-20)12-17-8-5-7-15(2)11-17/h5-11H,4,12-14H2,1-3H3,(H,23,24,27). The largest absolute Gasteiger partial charge is 0.467 e. The number of nitrogens with zero attached hydrogens (tertiary/aromatic N) is 2. The molecule has 2 heterocycles. The molecule has 1 N–H and O–H groups in total. The summed E-state index contributed by atoms with van der Waals surface area (Å²) in [6.45, 7) is 6.24. The maximum atomic E-state index is 12.7. The third kappa shape index (κ3) is 4.76. The number of nitrogens with one attached hydrogen (secondary N) is 1. The molecular weight excluding hydrogens is 354 g/mol. The summed E-state index contributed by atoms with van der Waals surface area (Å²) in [5.41, 5.74) is 3.40. The number of furan rings is 1. The molecule has 0 aliphatic carbocycles. The van der Waals surface area contributed by atoms with Gasteiger partial charge in [-0.25, -0.2) is 4.98 Å². The molecule has 3 rings (SSSR count). The Morgan fingerprint density at radius 2 is 2.00 bits per heavy atom. The Morgan fingerprint density at radius 1 is 1.18 bits per heavy atom. The first-order valence-electron chi connectivity index (χ1n) is 9.40. The second-order valence-corrected chi connectivity index (χ2v) is 6.93. The molecule has 0 saturated carbocycles. The SMILES string of the molecule is CCC(=O)N(Cc1nc(C)c(Cc2cccc(C)c2)c(=O)[nH]1)Cc1ccco1. The van der Waals surface area contributed by atoms with Gasteiger partial charge < -0.3 is 14.3 Å². The van der Waals surface area contributed by atoms with E-state index in [0.717, 1.165) is 11.1 Å². The number of aryl methyl sites for hydroxylation is 2. The normalized spacial score (nSPS) is 10.8. The molecule has 1 amide bonds. The van der Waals surface area contributed by atoms with Crippen LogP contribution in [0.4, 0.5) is 0 Å². The molecule has 6 nitrogen and oxygen atoms in total. The summed E-state index contributed by atoms with van der Waals surface area (Å²) in [7, 11) is 0. The Labute approximate surface area is 164 Å². The van der Waals surface area contributed by atoms with Gasteiger partial charge in [-0.2, -0.15) is 0 Å². The molecule has 28 heavy (non-hydrogen) atoms. The van der Waals surface area contributed by atoms with Crippen molar-refractivity contribution >= 4 is 5.91 Å². The van der Waals surface area contributed by atoms with Crippen LogP contribution in [-0.4, -0.2) is 20.8 Å². The number of benzene rings is 1. The van der Waals surface area contributed by atoms with Crippen LogP contribution in [0.25, 0.3) is 0 Å². The smallest absolute Gasteiger partial charge is 0.254 e. The van der Waals surface area contributed by atoms with Gasteiger partial charge in [0.15, 0.2) is 0 Å². The quantitative estimate of drug-likeness (QED) is 0.681. The summed E-state index contributed by atoms with van der Waals surface area (Å²) in [6.07, 6.45) is 2.48. The van der Waals surface area contributed by atoms with Crippen LogP contribution < -0.4 is 5.56 Å². The van der Waals surface area contributed by atoms with Gasteiger partial charge in [-0.3, -0.25) is 9.59 Å². The Hall–Kier alpha value is -3.15. The lowest BCUT2D eigenvalue weighted by atomic mass is 10.0. The van der Waals surface area contributed by atoms with Gasteiger partial charge in [-0.15, -0.1) is 0 Å². The first-order chi connectivity index (χ1) is 13.5. The lowest BCUT2D eigenvalue weighted by Gasteiger charge is -2.21. The van der Waals surface area contributed by atoms with Gasteiger partial charge in [-0.1, -0.05) is 36.8 Å². The molecule has 0 saturated heterocycles. The Kier molecular flexibility index (Phi) is 6.09. The Bertz CT molecular complexity index is 1010. The van der Waals surface area contributed by atoms with E-state index in [1.165, 1.54) is 0 Å². The van der Waals surface area contributed by atoms with Crippen molar-refractivity contribution in [3.05, 3.63) is 87.0 Å². The second-order valence-electron chi connectivity index (χ2n) is 6.93. The minimum atomic E-state index is -0.161. The first-order valence-corrected chi connectivity index (χ1v) is 9.40. The van der Waals surface area contributed by atoms with Crippen LogP contribution in [0.3, 0.4) is 0 Å². The highest BCUT2D eigenvalue weighted by Crippen LogP contribution is 2.13. The zero-order chi connectivity index (χ0) is 20.1. The summed E-state index contributed by atoms with van der Waals surface area (Å²) in [4.78, 5) is 34.0. The number of rotatable bonds is 7. The highest BCUT2D eigenvalue weighted by atomic mass is 16.3. The topological polar surface area (TPSA) is 79.2 Å². The van der Waals surface area contributed by atoms with E-state index >= 15 is 0 Å². The number of hydrogen-bond donors (Lipinski definition) is 1. The molecule has 0 atom stereocenters. The van der Waals surface area contributed by atoms with E-state index in [1.807, 2.05) is 45.0 Å². The molecule has 0 aliphatic heterocycles. The van der Waals surface area contributed by atoms with Crippen LogP contribution in [0.1, 0.15) is 47.3 Å². The maximum absolute atomic E-state index is 12.7. The van der Waals surface area contributed by atoms with Crippen LogP contribution in [0.2, 0.25) is 0 Å².